The lowest BCUT2D eigenvalue weighted by Gasteiger charge is -2.12. The average molecular weight is 330 g/mol. The molecule has 0 spiro atoms. The lowest BCUT2D eigenvalue weighted by Crippen LogP contribution is -2.37. The second kappa shape index (κ2) is 8.79. The minimum absolute atomic E-state index is 0.183. The number of nitrogens with one attached hydrogen (secondary N) is 2. The summed E-state index contributed by atoms with van der Waals surface area (Å²) >= 11 is 0. The van der Waals surface area contributed by atoms with Gasteiger partial charge in [0.1, 0.15) is 5.82 Å². The third kappa shape index (κ3) is 5.48. The Morgan fingerprint density at radius 1 is 1.00 bits per heavy atom. The molecule has 1 unspecified atom stereocenters. The van der Waals surface area contributed by atoms with Crippen LogP contribution in [0, 0.1) is 5.82 Å². The maximum atomic E-state index is 12.8. The van der Waals surface area contributed by atoms with Gasteiger partial charge in [0.05, 0.1) is 12.6 Å². The van der Waals surface area contributed by atoms with E-state index in [1.165, 1.54) is 24.3 Å². The quantitative estimate of drug-likeness (QED) is 0.724. The van der Waals surface area contributed by atoms with E-state index < -0.39 is 17.8 Å². The van der Waals surface area contributed by atoms with E-state index in [1.807, 2.05) is 30.3 Å². The summed E-state index contributed by atoms with van der Waals surface area (Å²) in [7, 11) is 0. The zero-order valence-corrected chi connectivity index (χ0v) is 13.0. The van der Waals surface area contributed by atoms with Gasteiger partial charge in [-0.25, -0.2) is 4.39 Å². The number of aliphatic hydroxyl groups is 1. The van der Waals surface area contributed by atoms with Gasteiger partial charge in [-0.05, 0) is 36.2 Å². The molecule has 5 nitrogen and oxygen atoms in total. The van der Waals surface area contributed by atoms with Crippen LogP contribution >= 0.6 is 0 Å². The summed E-state index contributed by atoms with van der Waals surface area (Å²) in [5.74, 6) is -1.23. The van der Waals surface area contributed by atoms with Crippen LogP contribution in [0.2, 0.25) is 0 Å². The number of halogens is 1. The first-order valence-corrected chi connectivity index (χ1v) is 7.60. The molecule has 6 heteroatoms. The molecule has 0 aromatic heterocycles. The topological polar surface area (TPSA) is 78.4 Å². The highest BCUT2D eigenvalue weighted by Gasteiger charge is 2.10. The van der Waals surface area contributed by atoms with Crippen LogP contribution in [-0.4, -0.2) is 30.0 Å². The van der Waals surface area contributed by atoms with Crippen LogP contribution in [0.15, 0.2) is 54.6 Å². The third-order valence-electron chi connectivity index (χ3n) is 3.44. The van der Waals surface area contributed by atoms with Crippen LogP contribution in [0.3, 0.4) is 0 Å². The predicted molar refractivity (Wildman–Crippen MR) is 87.8 cm³/mol. The van der Waals surface area contributed by atoms with Crippen molar-refractivity contribution < 1.29 is 19.1 Å². The predicted octanol–water partition coefficient (Wildman–Crippen LogP) is 1.80. The molecular weight excluding hydrogens is 311 g/mol. The summed E-state index contributed by atoms with van der Waals surface area (Å²) in [6.07, 6.45) is -0.276. The number of carbonyl (C=O) groups excluding carboxylic acids is 2. The van der Waals surface area contributed by atoms with Gasteiger partial charge < -0.3 is 15.7 Å². The van der Waals surface area contributed by atoms with Gasteiger partial charge in [0.25, 0.3) is 5.91 Å². The average Bonchev–Trinajstić information content (AvgIpc) is 2.61. The normalized spacial score (nSPS) is 11.6. The molecule has 24 heavy (non-hydrogen) atoms. The van der Waals surface area contributed by atoms with E-state index in [1.54, 1.807) is 0 Å². The molecular formula is C18H19FN2O3. The molecule has 0 bridgehead atoms. The van der Waals surface area contributed by atoms with Gasteiger partial charge in [-0.3, -0.25) is 9.59 Å². The van der Waals surface area contributed by atoms with Gasteiger partial charge in [-0.1, -0.05) is 30.3 Å². The van der Waals surface area contributed by atoms with E-state index in [2.05, 4.69) is 10.6 Å². The Morgan fingerprint density at radius 2 is 1.67 bits per heavy atom. The van der Waals surface area contributed by atoms with Crippen LogP contribution in [0.4, 0.5) is 4.39 Å². The molecule has 0 aliphatic carbocycles. The van der Waals surface area contributed by atoms with Gasteiger partial charge >= 0.3 is 0 Å². The minimum Gasteiger partial charge on any atom is -0.388 e. The van der Waals surface area contributed by atoms with Crippen molar-refractivity contribution in [2.24, 2.45) is 0 Å². The number of hydrogen-bond donors (Lipinski definition) is 3. The molecule has 2 aromatic carbocycles. The first-order valence-electron chi connectivity index (χ1n) is 7.60. The van der Waals surface area contributed by atoms with Crippen molar-refractivity contribution in [1.29, 1.82) is 0 Å². The van der Waals surface area contributed by atoms with Crippen LogP contribution < -0.4 is 10.6 Å². The Morgan fingerprint density at radius 3 is 2.33 bits per heavy atom. The molecule has 0 fully saturated rings. The van der Waals surface area contributed by atoms with Gasteiger partial charge in [0, 0.05) is 12.1 Å². The van der Waals surface area contributed by atoms with E-state index in [0.717, 1.165) is 5.56 Å². The van der Waals surface area contributed by atoms with E-state index in [0.29, 0.717) is 13.0 Å². The van der Waals surface area contributed by atoms with Crippen molar-refractivity contribution >= 4 is 11.8 Å². The van der Waals surface area contributed by atoms with E-state index >= 15 is 0 Å². The summed E-state index contributed by atoms with van der Waals surface area (Å²) in [5.41, 5.74) is 1.07. The third-order valence-corrected chi connectivity index (χ3v) is 3.44. The summed E-state index contributed by atoms with van der Waals surface area (Å²) < 4.78 is 12.8. The number of amides is 2. The standard InChI is InChI=1S/C18H19FN2O3/c19-15-8-6-14(7-9-15)18(24)21-12-17(23)20-11-10-16(22)13-4-2-1-3-5-13/h1-9,16,22H,10-12H2,(H,20,23)(H,21,24). The largest absolute Gasteiger partial charge is 0.388 e. The van der Waals surface area contributed by atoms with Crippen molar-refractivity contribution in [1.82, 2.24) is 10.6 Å². The molecule has 3 N–H and O–H groups in total. The van der Waals surface area contributed by atoms with Crippen LogP contribution in [-0.2, 0) is 4.79 Å². The molecule has 0 aliphatic heterocycles. The highest BCUT2D eigenvalue weighted by atomic mass is 19.1. The Balaban J connectivity index is 1.68. The van der Waals surface area contributed by atoms with Gasteiger partial charge in [-0.2, -0.15) is 0 Å². The van der Waals surface area contributed by atoms with Gasteiger partial charge in [-0.15, -0.1) is 0 Å². The first kappa shape index (κ1) is 17.6. The molecule has 0 radical (unpaired) electrons. The lowest BCUT2D eigenvalue weighted by atomic mass is 10.1. The Labute approximate surface area is 139 Å². The van der Waals surface area contributed by atoms with E-state index in [-0.39, 0.29) is 18.0 Å². The number of benzene rings is 2. The smallest absolute Gasteiger partial charge is 0.251 e. The van der Waals surface area contributed by atoms with E-state index in [9.17, 15) is 19.1 Å². The molecule has 0 saturated heterocycles. The number of hydrogen-bond acceptors (Lipinski definition) is 3. The Kier molecular flexibility index (Phi) is 6.45. The fourth-order valence-electron chi connectivity index (χ4n) is 2.12. The van der Waals surface area contributed by atoms with Crippen molar-refractivity contribution in [3.05, 3.63) is 71.5 Å². The lowest BCUT2D eigenvalue weighted by molar-refractivity contribution is -0.120. The van der Waals surface area contributed by atoms with Gasteiger partial charge in [0.2, 0.25) is 5.91 Å². The highest BCUT2D eigenvalue weighted by molar-refractivity contribution is 5.96. The number of aliphatic hydroxyl groups excluding tert-OH is 1. The van der Waals surface area contributed by atoms with Gasteiger partial charge in [0.15, 0.2) is 0 Å². The Bertz CT molecular complexity index is 674. The molecule has 0 heterocycles. The molecule has 2 amide bonds. The number of rotatable bonds is 7. The molecule has 126 valence electrons. The SMILES string of the molecule is O=C(CNC(=O)c1ccc(F)cc1)NCCC(O)c1ccccc1. The highest BCUT2D eigenvalue weighted by Crippen LogP contribution is 2.14. The second-order valence-electron chi connectivity index (χ2n) is 5.25. The minimum atomic E-state index is -0.652. The summed E-state index contributed by atoms with van der Waals surface area (Å²) in [4.78, 5) is 23.5. The summed E-state index contributed by atoms with van der Waals surface area (Å²) in [6.45, 7) is 0.110. The van der Waals surface area contributed by atoms with Crippen molar-refractivity contribution in [3.63, 3.8) is 0 Å². The molecule has 2 aromatic rings. The van der Waals surface area contributed by atoms with Crippen LogP contribution in [0.5, 0.6) is 0 Å². The van der Waals surface area contributed by atoms with Crippen molar-refractivity contribution in [2.75, 3.05) is 13.1 Å². The maximum absolute atomic E-state index is 12.8. The fourth-order valence-corrected chi connectivity index (χ4v) is 2.12. The Hall–Kier alpha value is -2.73. The zero-order chi connectivity index (χ0) is 17.4. The molecule has 0 aliphatic rings. The van der Waals surface area contributed by atoms with Crippen LogP contribution in [0.25, 0.3) is 0 Å². The number of carbonyl (C=O) groups is 2. The monoisotopic (exact) mass is 330 g/mol. The van der Waals surface area contributed by atoms with Crippen molar-refractivity contribution in [3.8, 4) is 0 Å². The first-order chi connectivity index (χ1) is 11.6. The zero-order valence-electron chi connectivity index (χ0n) is 13.0. The van der Waals surface area contributed by atoms with E-state index in [4.69, 9.17) is 0 Å². The summed E-state index contributed by atoms with van der Waals surface area (Å²) in [5, 5.41) is 15.0. The van der Waals surface area contributed by atoms with Crippen LogP contribution in [0.1, 0.15) is 28.4 Å². The summed E-state index contributed by atoms with van der Waals surface area (Å²) in [6, 6.07) is 14.2. The molecule has 2 rings (SSSR count). The fraction of sp³-hybridized carbons (Fsp3) is 0.222. The van der Waals surface area contributed by atoms with Crippen molar-refractivity contribution in [2.45, 2.75) is 12.5 Å². The second-order valence-corrected chi connectivity index (χ2v) is 5.25. The molecule has 1 atom stereocenters. The molecule has 0 saturated carbocycles. The maximum Gasteiger partial charge on any atom is 0.251 e.